The first-order valence-electron chi connectivity index (χ1n) is 7.58. The lowest BCUT2D eigenvalue weighted by Gasteiger charge is -2.10. The fraction of sp³-hybridized carbons (Fsp3) is 0.111. The Hall–Kier alpha value is -2.73. The summed E-state index contributed by atoms with van der Waals surface area (Å²) in [5.41, 5.74) is 2.23. The predicted molar refractivity (Wildman–Crippen MR) is 94.9 cm³/mol. The fourth-order valence-corrected chi connectivity index (χ4v) is 2.92. The third-order valence-electron chi connectivity index (χ3n) is 3.48. The molecule has 0 saturated carbocycles. The lowest BCUT2D eigenvalue weighted by molar-refractivity contribution is 0.588. The average Bonchev–Trinajstić information content (AvgIpc) is 2.63. The van der Waals surface area contributed by atoms with E-state index in [9.17, 15) is 8.42 Å². The Morgan fingerprint density at radius 3 is 2.17 bits per heavy atom. The highest BCUT2D eigenvalue weighted by Gasteiger charge is 2.18. The third kappa shape index (κ3) is 3.60. The largest absolute Gasteiger partial charge is 0.340 e. The molecule has 0 atom stereocenters. The summed E-state index contributed by atoms with van der Waals surface area (Å²) in [5, 5.41) is 2.97. The van der Waals surface area contributed by atoms with Crippen LogP contribution in [0.2, 0.25) is 0 Å². The molecular formula is C18H17N3O2S. The first-order chi connectivity index (χ1) is 11.6. The average molecular weight is 339 g/mol. The van der Waals surface area contributed by atoms with Crippen LogP contribution in [0.15, 0.2) is 71.9 Å². The molecule has 3 rings (SSSR count). The summed E-state index contributed by atoms with van der Waals surface area (Å²) in [6, 6.07) is 20.7. The molecule has 1 aromatic heterocycles. The molecule has 0 aliphatic heterocycles. The molecule has 3 aromatic rings. The third-order valence-corrected chi connectivity index (χ3v) is 4.98. The van der Waals surface area contributed by atoms with Crippen LogP contribution in [0, 0.1) is 0 Å². The number of sulfone groups is 1. The maximum absolute atomic E-state index is 12.2. The van der Waals surface area contributed by atoms with Crippen molar-refractivity contribution >= 4 is 21.3 Å². The summed E-state index contributed by atoms with van der Waals surface area (Å²) in [4.78, 5) is 8.44. The van der Waals surface area contributed by atoms with Crippen LogP contribution in [-0.2, 0) is 9.84 Å². The lowest BCUT2D eigenvalue weighted by Crippen LogP contribution is -2.11. The molecule has 24 heavy (non-hydrogen) atoms. The minimum Gasteiger partial charge on any atom is -0.340 e. The van der Waals surface area contributed by atoms with E-state index in [1.54, 1.807) is 13.0 Å². The number of aromatic nitrogens is 2. The van der Waals surface area contributed by atoms with Gasteiger partial charge in [0, 0.05) is 17.3 Å². The summed E-state index contributed by atoms with van der Waals surface area (Å²) < 4.78 is 24.5. The summed E-state index contributed by atoms with van der Waals surface area (Å²) in [7, 11) is -3.51. The Morgan fingerprint density at radius 2 is 1.54 bits per heavy atom. The van der Waals surface area contributed by atoms with E-state index < -0.39 is 9.84 Å². The Bertz CT molecular complexity index is 927. The van der Waals surface area contributed by atoms with Gasteiger partial charge in [0.25, 0.3) is 0 Å². The van der Waals surface area contributed by atoms with E-state index in [1.165, 1.54) is 0 Å². The number of hydrogen-bond donors (Lipinski definition) is 1. The van der Waals surface area contributed by atoms with Crippen LogP contribution in [0.3, 0.4) is 0 Å². The summed E-state index contributed by atoms with van der Waals surface area (Å²) >= 11 is 0. The second-order valence-electron chi connectivity index (χ2n) is 5.18. The Kier molecular flexibility index (Phi) is 4.57. The quantitative estimate of drug-likeness (QED) is 0.718. The number of hydrogen-bond acceptors (Lipinski definition) is 5. The van der Waals surface area contributed by atoms with Crippen LogP contribution in [0.1, 0.15) is 6.92 Å². The van der Waals surface area contributed by atoms with Gasteiger partial charge in [-0.1, -0.05) is 55.5 Å². The summed E-state index contributed by atoms with van der Waals surface area (Å²) in [6.07, 6.45) is 0. The standard InChI is InChI=1S/C18H17N3O2S/c1-2-24(22,23)18-20-16(14-9-5-3-6-10-14)13-17(21-18)19-15-11-7-4-8-12-15/h3-13H,2H2,1H3,(H,19,20,21). The van der Waals surface area contributed by atoms with Crippen LogP contribution >= 0.6 is 0 Å². The molecule has 122 valence electrons. The first-order valence-corrected chi connectivity index (χ1v) is 9.23. The molecule has 0 amide bonds. The number of rotatable bonds is 5. The molecule has 0 saturated heterocycles. The number of benzene rings is 2. The lowest BCUT2D eigenvalue weighted by atomic mass is 10.1. The van der Waals surface area contributed by atoms with Gasteiger partial charge in [-0.15, -0.1) is 0 Å². The molecule has 1 heterocycles. The van der Waals surface area contributed by atoms with E-state index in [4.69, 9.17) is 0 Å². The molecule has 5 nitrogen and oxygen atoms in total. The minimum atomic E-state index is -3.51. The van der Waals surface area contributed by atoms with Crippen molar-refractivity contribution in [2.24, 2.45) is 0 Å². The highest BCUT2D eigenvalue weighted by molar-refractivity contribution is 7.91. The maximum Gasteiger partial charge on any atom is 0.249 e. The zero-order valence-corrected chi connectivity index (χ0v) is 14.0. The van der Waals surface area contributed by atoms with Crippen molar-refractivity contribution < 1.29 is 8.42 Å². The topological polar surface area (TPSA) is 72.0 Å². The Labute approximate surface area is 141 Å². The summed E-state index contributed by atoms with van der Waals surface area (Å²) in [6.45, 7) is 1.58. The van der Waals surface area contributed by atoms with Gasteiger partial charge in [0.1, 0.15) is 5.82 Å². The van der Waals surface area contributed by atoms with Crippen molar-refractivity contribution in [3.63, 3.8) is 0 Å². The van der Waals surface area contributed by atoms with Gasteiger partial charge in [-0.25, -0.2) is 18.4 Å². The SMILES string of the molecule is CCS(=O)(=O)c1nc(Nc2ccccc2)cc(-c2ccccc2)n1. The fourth-order valence-electron chi connectivity index (χ4n) is 2.18. The van der Waals surface area contributed by atoms with E-state index in [-0.39, 0.29) is 10.9 Å². The molecule has 0 bridgehead atoms. The van der Waals surface area contributed by atoms with E-state index in [0.717, 1.165) is 11.3 Å². The van der Waals surface area contributed by atoms with Crippen LogP contribution in [0.25, 0.3) is 11.3 Å². The molecule has 0 radical (unpaired) electrons. The van der Waals surface area contributed by atoms with Crippen molar-refractivity contribution in [2.75, 3.05) is 11.1 Å². The highest BCUT2D eigenvalue weighted by Crippen LogP contribution is 2.23. The van der Waals surface area contributed by atoms with Gasteiger partial charge >= 0.3 is 0 Å². The van der Waals surface area contributed by atoms with Crippen molar-refractivity contribution in [3.8, 4) is 11.3 Å². The summed E-state index contributed by atoms with van der Waals surface area (Å²) in [5.74, 6) is 0.401. The molecule has 0 unspecified atom stereocenters. The van der Waals surface area contributed by atoms with Crippen LogP contribution in [0.5, 0.6) is 0 Å². The molecule has 1 N–H and O–H groups in total. The monoisotopic (exact) mass is 339 g/mol. The van der Waals surface area contributed by atoms with E-state index in [1.807, 2.05) is 60.7 Å². The number of anilines is 2. The van der Waals surface area contributed by atoms with Gasteiger partial charge in [0.15, 0.2) is 0 Å². The van der Waals surface area contributed by atoms with Crippen molar-refractivity contribution in [2.45, 2.75) is 12.1 Å². The second-order valence-corrected chi connectivity index (χ2v) is 7.35. The second kappa shape index (κ2) is 6.80. The number of nitrogens with one attached hydrogen (secondary N) is 1. The zero-order valence-electron chi connectivity index (χ0n) is 13.2. The van der Waals surface area contributed by atoms with Crippen LogP contribution in [-0.4, -0.2) is 24.1 Å². The molecule has 2 aromatic carbocycles. The molecular weight excluding hydrogens is 322 g/mol. The Morgan fingerprint density at radius 1 is 0.917 bits per heavy atom. The highest BCUT2D eigenvalue weighted by atomic mass is 32.2. The van der Waals surface area contributed by atoms with Gasteiger partial charge in [-0.2, -0.15) is 0 Å². The zero-order chi connectivity index (χ0) is 17.0. The molecule has 0 spiro atoms. The van der Waals surface area contributed by atoms with Gasteiger partial charge in [-0.3, -0.25) is 0 Å². The molecule has 0 fully saturated rings. The van der Waals surface area contributed by atoms with Gasteiger partial charge in [0.2, 0.25) is 15.0 Å². The molecule has 6 heteroatoms. The minimum absolute atomic E-state index is 0.0456. The van der Waals surface area contributed by atoms with Crippen molar-refractivity contribution in [1.29, 1.82) is 0 Å². The Balaban J connectivity index is 2.10. The van der Waals surface area contributed by atoms with Gasteiger partial charge in [-0.05, 0) is 12.1 Å². The van der Waals surface area contributed by atoms with Crippen LogP contribution in [0.4, 0.5) is 11.5 Å². The van der Waals surface area contributed by atoms with E-state index in [2.05, 4.69) is 15.3 Å². The van der Waals surface area contributed by atoms with Crippen molar-refractivity contribution in [3.05, 3.63) is 66.7 Å². The number of nitrogens with zero attached hydrogens (tertiary/aromatic N) is 2. The van der Waals surface area contributed by atoms with Gasteiger partial charge < -0.3 is 5.32 Å². The molecule has 0 aliphatic rings. The van der Waals surface area contributed by atoms with E-state index >= 15 is 0 Å². The predicted octanol–water partition coefficient (Wildman–Crippen LogP) is 3.68. The van der Waals surface area contributed by atoms with Crippen molar-refractivity contribution in [1.82, 2.24) is 9.97 Å². The smallest absolute Gasteiger partial charge is 0.249 e. The van der Waals surface area contributed by atoms with Crippen LogP contribution < -0.4 is 5.32 Å². The number of para-hydroxylation sites is 1. The van der Waals surface area contributed by atoms with Gasteiger partial charge in [0.05, 0.1) is 11.4 Å². The maximum atomic E-state index is 12.2. The normalized spacial score (nSPS) is 11.2. The molecule has 0 aliphatic carbocycles. The van der Waals surface area contributed by atoms with E-state index in [0.29, 0.717) is 11.5 Å². The first kappa shape index (κ1) is 16.1.